The number of nitrogens with zero attached hydrogens (tertiary/aromatic N) is 4. The molecule has 0 saturated carbocycles. The number of likely N-dealkylation sites (tertiary alicyclic amines) is 1. The molecule has 0 spiro atoms. The van der Waals surface area contributed by atoms with Crippen LogP contribution in [0.2, 0.25) is 4.34 Å². The summed E-state index contributed by atoms with van der Waals surface area (Å²) in [6, 6.07) is 11.9. The van der Waals surface area contributed by atoms with Gasteiger partial charge in [-0.3, -0.25) is 0 Å². The zero-order chi connectivity index (χ0) is 25.1. The van der Waals surface area contributed by atoms with Gasteiger partial charge in [-0.1, -0.05) is 22.8 Å². The van der Waals surface area contributed by atoms with E-state index in [1.54, 1.807) is 22.1 Å². The summed E-state index contributed by atoms with van der Waals surface area (Å²) in [4.78, 5) is 17.1. The van der Waals surface area contributed by atoms with Crippen LogP contribution in [0.15, 0.2) is 46.3 Å². The average molecular weight is 546 g/mol. The zero-order valence-electron chi connectivity index (χ0n) is 20.1. The lowest BCUT2D eigenvalue weighted by Crippen LogP contribution is -2.42. The number of hydrogen-bond donors (Lipinski definition) is 1. The van der Waals surface area contributed by atoms with Crippen molar-refractivity contribution in [3.05, 3.63) is 51.8 Å². The van der Waals surface area contributed by atoms with Crippen molar-refractivity contribution in [3.8, 4) is 27.1 Å². The van der Waals surface area contributed by atoms with Crippen LogP contribution < -0.4 is 10.1 Å². The van der Waals surface area contributed by atoms with E-state index >= 15 is 0 Å². The van der Waals surface area contributed by atoms with Crippen LogP contribution >= 0.6 is 34.3 Å². The van der Waals surface area contributed by atoms with Crippen molar-refractivity contribution in [1.29, 1.82) is 0 Å². The number of ether oxygens (including phenoxy) is 1. The molecule has 0 bridgehead atoms. The van der Waals surface area contributed by atoms with E-state index in [0.717, 1.165) is 41.4 Å². The van der Waals surface area contributed by atoms with Crippen LogP contribution in [0.25, 0.3) is 21.2 Å². The minimum absolute atomic E-state index is 0.296. The smallest absolute Gasteiger partial charge is 0.392 e. The van der Waals surface area contributed by atoms with Gasteiger partial charge in [-0.25, -0.2) is 9.48 Å². The van der Waals surface area contributed by atoms with Crippen molar-refractivity contribution < 1.29 is 14.1 Å². The summed E-state index contributed by atoms with van der Waals surface area (Å²) in [5.74, 6) is 1.45. The SMILES string of the molecule is CC(C)N1CCC(CNC(=O)Oc2cc(-c3cccs3)nn2Cc2cc(-c3ccc(Cl)s3)on2)CC1. The summed E-state index contributed by atoms with van der Waals surface area (Å²) >= 11 is 9.05. The number of piperidine rings is 1. The summed E-state index contributed by atoms with van der Waals surface area (Å²) in [6.45, 7) is 7.47. The first kappa shape index (κ1) is 25.0. The number of thiophene rings is 2. The van der Waals surface area contributed by atoms with E-state index in [-0.39, 0.29) is 0 Å². The molecule has 1 saturated heterocycles. The Kier molecular flexibility index (Phi) is 7.76. The van der Waals surface area contributed by atoms with Gasteiger partial charge in [0.15, 0.2) is 5.76 Å². The van der Waals surface area contributed by atoms with E-state index < -0.39 is 6.09 Å². The van der Waals surface area contributed by atoms with E-state index in [1.807, 2.05) is 35.7 Å². The third kappa shape index (κ3) is 6.00. The quantitative estimate of drug-likeness (QED) is 0.282. The predicted octanol–water partition coefficient (Wildman–Crippen LogP) is 6.24. The van der Waals surface area contributed by atoms with Crippen LogP contribution in [0.3, 0.4) is 0 Å². The van der Waals surface area contributed by atoms with Gasteiger partial charge in [0, 0.05) is 24.7 Å². The van der Waals surface area contributed by atoms with Crippen LogP contribution in [0.4, 0.5) is 4.79 Å². The number of halogens is 1. The molecule has 0 atom stereocenters. The first-order valence-electron chi connectivity index (χ1n) is 12.0. The van der Waals surface area contributed by atoms with E-state index in [9.17, 15) is 4.79 Å². The molecular weight excluding hydrogens is 518 g/mol. The maximum Gasteiger partial charge on any atom is 0.413 e. The summed E-state index contributed by atoms with van der Waals surface area (Å²) in [7, 11) is 0. The number of carbonyl (C=O) groups is 1. The zero-order valence-corrected chi connectivity index (χ0v) is 22.5. The fourth-order valence-electron chi connectivity index (χ4n) is 4.27. The number of rotatable bonds is 8. The van der Waals surface area contributed by atoms with Gasteiger partial charge in [-0.05, 0) is 69.3 Å². The summed E-state index contributed by atoms with van der Waals surface area (Å²) in [6.07, 6.45) is 1.67. The largest absolute Gasteiger partial charge is 0.413 e. The van der Waals surface area contributed by atoms with E-state index in [2.05, 4.69) is 34.3 Å². The third-order valence-corrected chi connectivity index (χ3v) is 8.45. The molecule has 0 aliphatic carbocycles. The van der Waals surface area contributed by atoms with E-state index in [4.69, 9.17) is 20.9 Å². The van der Waals surface area contributed by atoms with Crippen LogP contribution in [-0.4, -0.2) is 51.6 Å². The Hall–Kier alpha value is -2.66. The Morgan fingerprint density at radius 3 is 2.78 bits per heavy atom. The van der Waals surface area contributed by atoms with Gasteiger partial charge in [0.05, 0.1) is 20.6 Å². The number of carbonyl (C=O) groups excluding carboxylic acids is 1. The second kappa shape index (κ2) is 11.2. The molecule has 4 aromatic rings. The van der Waals surface area contributed by atoms with Crippen molar-refractivity contribution in [3.63, 3.8) is 0 Å². The minimum atomic E-state index is -0.478. The van der Waals surface area contributed by atoms with Gasteiger partial charge in [-0.15, -0.1) is 22.7 Å². The maximum atomic E-state index is 12.7. The highest BCUT2D eigenvalue weighted by atomic mass is 35.5. The van der Waals surface area contributed by atoms with E-state index in [1.165, 1.54) is 11.3 Å². The van der Waals surface area contributed by atoms with Crippen LogP contribution in [0.5, 0.6) is 5.88 Å². The second-order valence-electron chi connectivity index (χ2n) is 9.13. The van der Waals surface area contributed by atoms with Gasteiger partial charge >= 0.3 is 6.09 Å². The Morgan fingerprint density at radius 2 is 2.08 bits per heavy atom. The molecule has 1 aliphatic heterocycles. The minimum Gasteiger partial charge on any atom is -0.392 e. The Labute approximate surface area is 222 Å². The highest BCUT2D eigenvalue weighted by Gasteiger charge is 2.22. The van der Waals surface area contributed by atoms with Gasteiger partial charge in [0.2, 0.25) is 5.88 Å². The first-order valence-corrected chi connectivity index (χ1v) is 14.0. The molecule has 5 rings (SSSR count). The van der Waals surface area contributed by atoms with Crippen molar-refractivity contribution in [2.24, 2.45) is 5.92 Å². The lowest BCUT2D eigenvalue weighted by atomic mass is 9.96. The highest BCUT2D eigenvalue weighted by Crippen LogP contribution is 2.32. The van der Waals surface area contributed by atoms with Crippen molar-refractivity contribution in [2.75, 3.05) is 19.6 Å². The van der Waals surface area contributed by atoms with Crippen LogP contribution in [-0.2, 0) is 6.54 Å². The summed E-state index contributed by atoms with van der Waals surface area (Å²) < 4.78 is 13.5. The lowest BCUT2D eigenvalue weighted by molar-refractivity contribution is 0.145. The number of aromatic nitrogens is 3. The van der Waals surface area contributed by atoms with Crippen molar-refractivity contribution in [2.45, 2.75) is 39.3 Å². The van der Waals surface area contributed by atoms with Gasteiger partial charge < -0.3 is 19.5 Å². The topological polar surface area (TPSA) is 85.4 Å². The Balaban J connectivity index is 1.25. The molecule has 190 valence electrons. The Bertz CT molecular complexity index is 1290. The molecule has 8 nitrogen and oxygen atoms in total. The first-order chi connectivity index (χ1) is 17.4. The average Bonchev–Trinajstić information content (AvgIpc) is 3.66. The molecule has 1 amide bonds. The number of nitrogens with one attached hydrogen (secondary N) is 1. The number of amides is 1. The number of hydrogen-bond acceptors (Lipinski definition) is 8. The normalized spacial score (nSPS) is 15.0. The molecule has 1 aliphatic rings. The Morgan fingerprint density at radius 1 is 1.25 bits per heavy atom. The maximum absolute atomic E-state index is 12.7. The fraction of sp³-hybridized carbons (Fsp3) is 0.400. The fourth-order valence-corrected chi connectivity index (χ4v) is 5.95. The highest BCUT2D eigenvalue weighted by molar-refractivity contribution is 7.19. The monoisotopic (exact) mass is 545 g/mol. The van der Waals surface area contributed by atoms with Crippen molar-refractivity contribution in [1.82, 2.24) is 25.2 Å². The molecule has 0 aromatic carbocycles. The molecule has 4 aromatic heterocycles. The third-order valence-electron chi connectivity index (χ3n) is 6.32. The van der Waals surface area contributed by atoms with Crippen LogP contribution in [0.1, 0.15) is 32.4 Å². The molecule has 0 unspecified atom stereocenters. The van der Waals surface area contributed by atoms with Crippen LogP contribution in [0, 0.1) is 5.92 Å². The standard InChI is InChI=1S/C25H28ClN5O3S2/c1-16(2)30-9-7-17(8-10-30)14-27-25(32)33-24-13-19(21-4-3-11-35-21)28-31(24)15-18-12-20(34-29-18)22-5-6-23(26)36-22/h3-6,11-13,16-17H,7-10,14-15H2,1-2H3,(H,27,32). The molecule has 36 heavy (non-hydrogen) atoms. The summed E-state index contributed by atoms with van der Waals surface area (Å²) in [5, 5.41) is 13.8. The molecule has 5 heterocycles. The van der Waals surface area contributed by atoms with Gasteiger partial charge in [0.25, 0.3) is 0 Å². The molecule has 11 heteroatoms. The predicted molar refractivity (Wildman–Crippen MR) is 143 cm³/mol. The molecule has 0 radical (unpaired) electrons. The molecule has 1 fully saturated rings. The molecular formula is C25H28ClN5O3S2. The van der Waals surface area contributed by atoms with Crippen molar-refractivity contribution >= 4 is 40.4 Å². The lowest BCUT2D eigenvalue weighted by Gasteiger charge is -2.34. The van der Waals surface area contributed by atoms with E-state index in [0.29, 0.717) is 46.7 Å². The summed E-state index contributed by atoms with van der Waals surface area (Å²) in [5.41, 5.74) is 1.40. The van der Waals surface area contributed by atoms with Gasteiger partial charge in [-0.2, -0.15) is 5.10 Å². The second-order valence-corrected chi connectivity index (χ2v) is 11.8. The molecule has 1 N–H and O–H groups in total. The van der Waals surface area contributed by atoms with Gasteiger partial charge in [0.1, 0.15) is 11.4 Å².